The summed E-state index contributed by atoms with van der Waals surface area (Å²) in [5, 5.41) is 25.8. The Morgan fingerprint density at radius 2 is 2.14 bits per heavy atom. The number of carbonyl (C=O) groups excluding carboxylic acids is 1. The summed E-state index contributed by atoms with van der Waals surface area (Å²) in [6.07, 6.45) is 8.14. The Balaban J connectivity index is 1.36. The van der Waals surface area contributed by atoms with Crippen LogP contribution in [-0.4, -0.2) is 62.9 Å². The van der Waals surface area contributed by atoms with Crippen molar-refractivity contribution in [3.63, 3.8) is 0 Å². The molecule has 4 atom stereocenters. The molecule has 1 aromatic heterocycles. The van der Waals surface area contributed by atoms with Crippen LogP contribution >= 0.6 is 0 Å². The minimum absolute atomic E-state index is 0.0574. The second-order valence-electron chi connectivity index (χ2n) is 10.8. The largest absolute Gasteiger partial charge is 0.504 e. The molecule has 2 saturated carbocycles. The van der Waals surface area contributed by atoms with Crippen molar-refractivity contribution in [3.8, 4) is 11.5 Å². The molecule has 7 nitrogen and oxygen atoms in total. The molecular formula is C27H32FN3O4. The third-order valence-corrected chi connectivity index (χ3v) is 8.37. The molecule has 0 saturated heterocycles. The lowest BCUT2D eigenvalue weighted by Crippen LogP contribution is -2.62. The fourth-order valence-electron chi connectivity index (χ4n) is 6.32. The van der Waals surface area contributed by atoms with E-state index in [0.717, 1.165) is 43.3 Å². The van der Waals surface area contributed by atoms with E-state index in [1.165, 1.54) is 25.1 Å². The lowest BCUT2D eigenvalue weighted by atomic mass is 9.73. The number of phenolic OH excluding ortho intramolecular Hbond substituents is 1. The molecule has 8 heteroatoms. The Morgan fingerprint density at radius 3 is 2.94 bits per heavy atom. The normalized spacial score (nSPS) is 30.3. The third kappa shape index (κ3) is 4.27. The number of rotatable bonds is 4. The number of halogens is 1. The summed E-state index contributed by atoms with van der Waals surface area (Å²) in [5.41, 5.74) is 1.06. The van der Waals surface area contributed by atoms with Gasteiger partial charge in [0.25, 0.3) is 5.91 Å². The Morgan fingerprint density at radius 1 is 1.29 bits per heavy atom. The van der Waals surface area contributed by atoms with Gasteiger partial charge in [0.2, 0.25) is 0 Å². The fourth-order valence-corrected chi connectivity index (χ4v) is 6.32. The summed E-state index contributed by atoms with van der Waals surface area (Å²) >= 11 is 0. The van der Waals surface area contributed by atoms with Crippen molar-refractivity contribution in [1.29, 1.82) is 0 Å². The van der Waals surface area contributed by atoms with E-state index in [4.69, 9.17) is 4.74 Å². The molecule has 6 rings (SSSR count). The van der Waals surface area contributed by atoms with E-state index < -0.39 is 29.5 Å². The molecule has 3 heterocycles. The quantitative estimate of drug-likeness (QED) is 0.622. The standard InChI is InChI=1S/C27H32FN3O4/c28-20-14-29-10-8-19(20)26(33)30-21-7-9-27(34)13-23(21)35-25-18-2-1-11-31(15-16-3-4-16)24(27)12-17(18)5-6-22(25)32/h5-6,8,10,14,16,21,23-24,32,34H,1-4,7,9,11-13,15H2,(H,30,33)/t21-,23-,24-,27+/m1/s1. The molecule has 0 unspecified atom stereocenters. The number of benzene rings is 1. The Labute approximate surface area is 204 Å². The SMILES string of the molecule is O=C(N[C@@H]1CC[C@]2(O)C[C@H]1Oc1c(O)ccc3c1CCCN(CC1CC1)[C@@H]2C3)c1ccncc1F. The number of aromatic hydroxyl groups is 1. The topological polar surface area (TPSA) is 94.9 Å². The van der Waals surface area contributed by atoms with Crippen molar-refractivity contribution in [1.82, 2.24) is 15.2 Å². The molecule has 2 aliphatic heterocycles. The van der Waals surface area contributed by atoms with Gasteiger partial charge in [0.1, 0.15) is 6.10 Å². The second-order valence-corrected chi connectivity index (χ2v) is 10.8. The summed E-state index contributed by atoms with van der Waals surface area (Å²) in [6.45, 7) is 1.91. The first-order chi connectivity index (χ1) is 16.9. The Bertz CT molecular complexity index is 1140. The van der Waals surface area contributed by atoms with Crippen LogP contribution in [0.1, 0.15) is 60.0 Å². The van der Waals surface area contributed by atoms with E-state index in [0.29, 0.717) is 37.4 Å². The van der Waals surface area contributed by atoms with Gasteiger partial charge in [-0.25, -0.2) is 4.39 Å². The molecule has 1 aromatic carbocycles. The number of phenols is 1. The zero-order chi connectivity index (χ0) is 24.2. The minimum Gasteiger partial charge on any atom is -0.504 e. The first-order valence-corrected chi connectivity index (χ1v) is 12.8. The fraction of sp³-hybridized carbons (Fsp3) is 0.556. The number of hydrogen-bond donors (Lipinski definition) is 3. The number of carbonyl (C=O) groups is 1. The number of aromatic nitrogens is 1. The van der Waals surface area contributed by atoms with Gasteiger partial charge in [-0.3, -0.25) is 14.7 Å². The van der Waals surface area contributed by atoms with Crippen molar-refractivity contribution in [2.75, 3.05) is 13.1 Å². The molecule has 2 aromatic rings. The van der Waals surface area contributed by atoms with Crippen LogP contribution in [0, 0.1) is 11.7 Å². The summed E-state index contributed by atoms with van der Waals surface area (Å²) in [5.74, 6) is 0.0398. The highest BCUT2D eigenvalue weighted by Gasteiger charge is 2.50. The molecule has 1 amide bonds. The maximum atomic E-state index is 14.2. The van der Waals surface area contributed by atoms with Crippen molar-refractivity contribution in [2.45, 2.75) is 75.2 Å². The van der Waals surface area contributed by atoms with E-state index in [1.807, 2.05) is 6.07 Å². The molecular weight excluding hydrogens is 449 g/mol. The average Bonchev–Trinajstić information content (AvgIpc) is 3.64. The van der Waals surface area contributed by atoms with E-state index in [-0.39, 0.29) is 17.4 Å². The Hall–Kier alpha value is -2.71. The van der Waals surface area contributed by atoms with Gasteiger partial charge < -0.3 is 20.3 Å². The molecule has 35 heavy (non-hydrogen) atoms. The second kappa shape index (κ2) is 8.75. The number of pyridine rings is 1. The molecule has 0 spiro atoms. The van der Waals surface area contributed by atoms with Gasteiger partial charge in [0, 0.05) is 30.8 Å². The zero-order valence-electron chi connectivity index (χ0n) is 19.8. The molecule has 3 N–H and O–H groups in total. The molecule has 186 valence electrons. The first-order valence-electron chi connectivity index (χ1n) is 12.8. The number of ether oxygens (including phenoxy) is 1. The van der Waals surface area contributed by atoms with Crippen LogP contribution in [0.4, 0.5) is 4.39 Å². The number of nitrogens with one attached hydrogen (secondary N) is 1. The number of amides is 1. The van der Waals surface area contributed by atoms with E-state index in [1.54, 1.807) is 6.07 Å². The lowest BCUT2D eigenvalue weighted by molar-refractivity contribution is -0.103. The highest BCUT2D eigenvalue weighted by molar-refractivity contribution is 5.94. The van der Waals surface area contributed by atoms with Gasteiger partial charge in [0.15, 0.2) is 17.3 Å². The first kappa shape index (κ1) is 22.7. The summed E-state index contributed by atoms with van der Waals surface area (Å²) in [7, 11) is 0. The number of hydrogen-bond acceptors (Lipinski definition) is 6. The molecule has 6 bridgehead atoms. The molecule has 0 radical (unpaired) electrons. The van der Waals surface area contributed by atoms with Gasteiger partial charge in [-0.2, -0.15) is 0 Å². The van der Waals surface area contributed by atoms with E-state index in [2.05, 4.69) is 15.2 Å². The van der Waals surface area contributed by atoms with Gasteiger partial charge in [-0.15, -0.1) is 0 Å². The molecule has 2 aliphatic carbocycles. The average molecular weight is 482 g/mol. The maximum absolute atomic E-state index is 14.2. The molecule has 2 fully saturated rings. The van der Waals surface area contributed by atoms with Gasteiger partial charge in [0.05, 0.1) is 23.4 Å². The van der Waals surface area contributed by atoms with Crippen molar-refractivity contribution in [2.24, 2.45) is 5.92 Å². The van der Waals surface area contributed by atoms with Crippen LogP contribution in [0.25, 0.3) is 0 Å². The van der Waals surface area contributed by atoms with Crippen molar-refractivity contribution >= 4 is 5.91 Å². The minimum atomic E-state index is -0.986. The summed E-state index contributed by atoms with van der Waals surface area (Å²) in [6, 6.07) is 4.52. The smallest absolute Gasteiger partial charge is 0.254 e. The lowest BCUT2D eigenvalue weighted by Gasteiger charge is -2.48. The summed E-state index contributed by atoms with van der Waals surface area (Å²) < 4.78 is 20.7. The van der Waals surface area contributed by atoms with Gasteiger partial charge >= 0.3 is 0 Å². The number of aliphatic hydroxyl groups is 1. The predicted octanol–water partition coefficient (Wildman–Crippen LogP) is 2.97. The molecule has 4 aliphatic rings. The van der Waals surface area contributed by atoms with Crippen LogP contribution in [0.2, 0.25) is 0 Å². The van der Waals surface area contributed by atoms with E-state index in [9.17, 15) is 19.4 Å². The summed E-state index contributed by atoms with van der Waals surface area (Å²) in [4.78, 5) is 19.1. The number of nitrogens with zero attached hydrogens (tertiary/aromatic N) is 2. The number of fused-ring (bicyclic) bond motifs is 4. The third-order valence-electron chi connectivity index (χ3n) is 8.37. The monoisotopic (exact) mass is 481 g/mol. The van der Waals surface area contributed by atoms with Gasteiger partial charge in [-0.05, 0) is 75.1 Å². The van der Waals surface area contributed by atoms with Crippen LogP contribution in [0.5, 0.6) is 11.5 Å². The van der Waals surface area contributed by atoms with E-state index >= 15 is 0 Å². The highest BCUT2D eigenvalue weighted by Crippen LogP contribution is 2.45. The van der Waals surface area contributed by atoms with Crippen LogP contribution in [0.15, 0.2) is 30.6 Å². The van der Waals surface area contributed by atoms with Crippen LogP contribution in [0.3, 0.4) is 0 Å². The van der Waals surface area contributed by atoms with Crippen molar-refractivity contribution in [3.05, 3.63) is 53.1 Å². The zero-order valence-corrected chi connectivity index (χ0v) is 19.8. The Kier molecular flexibility index (Phi) is 5.68. The van der Waals surface area contributed by atoms with Gasteiger partial charge in [-0.1, -0.05) is 6.07 Å². The predicted molar refractivity (Wildman–Crippen MR) is 127 cm³/mol. The highest BCUT2D eigenvalue weighted by atomic mass is 19.1. The van der Waals surface area contributed by atoms with Crippen molar-refractivity contribution < 1.29 is 24.1 Å². The maximum Gasteiger partial charge on any atom is 0.254 e. The van der Waals surface area contributed by atoms with Crippen LogP contribution < -0.4 is 10.1 Å². The van der Waals surface area contributed by atoms with Crippen LogP contribution in [-0.2, 0) is 12.8 Å².